The average molecular weight is 240 g/mol. The van der Waals surface area contributed by atoms with Gasteiger partial charge in [0.05, 0.1) is 0 Å². The summed E-state index contributed by atoms with van der Waals surface area (Å²) in [6.45, 7) is 1.97. The van der Waals surface area contributed by atoms with Crippen LogP contribution in [-0.4, -0.2) is 16.9 Å². The zero-order valence-electron chi connectivity index (χ0n) is 10.00. The van der Waals surface area contributed by atoms with Crippen molar-refractivity contribution in [3.63, 3.8) is 0 Å². The normalized spacial score (nSPS) is 24.8. The summed E-state index contributed by atoms with van der Waals surface area (Å²) in [5, 5.41) is 0. The van der Waals surface area contributed by atoms with Crippen LogP contribution in [0, 0.1) is 12.8 Å². The number of hydrogen-bond donors (Lipinski definition) is 1. The zero-order valence-corrected chi connectivity index (χ0v) is 10.00. The third-order valence-electron chi connectivity index (χ3n) is 3.59. The van der Waals surface area contributed by atoms with Gasteiger partial charge in [-0.25, -0.2) is 8.78 Å². The smallest absolute Gasteiger partial charge is 0.248 e. The number of hydrogen-bond acceptors (Lipinski definition) is 2. The molecule has 2 rings (SSSR count). The average Bonchev–Trinajstić information content (AvgIpc) is 2.62. The van der Waals surface area contributed by atoms with Crippen LogP contribution < -0.4 is 5.73 Å². The maximum absolute atomic E-state index is 13.1. The molecule has 94 valence electrons. The predicted octanol–water partition coefficient (Wildman–Crippen LogP) is 2.70. The number of aryl methyl sites for hydroxylation is 1. The van der Waals surface area contributed by atoms with Gasteiger partial charge < -0.3 is 5.73 Å². The van der Waals surface area contributed by atoms with Crippen LogP contribution in [0.3, 0.4) is 0 Å². The molecule has 0 bridgehead atoms. The Bertz CT molecular complexity index is 393. The minimum atomic E-state index is -2.51. The first kappa shape index (κ1) is 12.4. The fraction of sp³-hybridized carbons (Fsp3) is 0.615. The Kier molecular flexibility index (Phi) is 3.43. The maximum atomic E-state index is 13.1. The van der Waals surface area contributed by atoms with E-state index in [9.17, 15) is 8.78 Å². The van der Waals surface area contributed by atoms with Crippen LogP contribution in [0.25, 0.3) is 0 Å². The summed E-state index contributed by atoms with van der Waals surface area (Å²) in [7, 11) is 0. The molecule has 1 aromatic heterocycles. The van der Waals surface area contributed by atoms with Crippen molar-refractivity contribution in [2.24, 2.45) is 11.7 Å². The highest BCUT2D eigenvalue weighted by Gasteiger charge is 2.41. The van der Waals surface area contributed by atoms with E-state index in [1.54, 1.807) is 6.20 Å². The van der Waals surface area contributed by atoms with Crippen molar-refractivity contribution >= 4 is 0 Å². The molecule has 0 aliphatic heterocycles. The van der Waals surface area contributed by atoms with Crippen molar-refractivity contribution in [1.29, 1.82) is 0 Å². The number of rotatable bonds is 3. The molecule has 1 heterocycles. The third kappa shape index (κ3) is 3.00. The lowest BCUT2D eigenvalue weighted by atomic mass is 9.93. The minimum Gasteiger partial charge on any atom is -0.327 e. The Hall–Kier alpha value is -1.03. The van der Waals surface area contributed by atoms with Crippen LogP contribution in [0.5, 0.6) is 0 Å². The predicted molar refractivity (Wildman–Crippen MR) is 62.9 cm³/mol. The monoisotopic (exact) mass is 240 g/mol. The molecule has 0 amide bonds. The lowest BCUT2D eigenvalue weighted by Crippen LogP contribution is -2.32. The van der Waals surface area contributed by atoms with E-state index < -0.39 is 5.92 Å². The molecule has 2 unspecified atom stereocenters. The van der Waals surface area contributed by atoms with Crippen molar-refractivity contribution in [2.75, 3.05) is 0 Å². The summed E-state index contributed by atoms with van der Waals surface area (Å²) in [5.74, 6) is -2.59. The molecule has 4 heteroatoms. The Labute approximate surface area is 100 Å². The van der Waals surface area contributed by atoms with Gasteiger partial charge in [0, 0.05) is 37.2 Å². The molecule has 2 nitrogen and oxygen atoms in total. The highest BCUT2D eigenvalue weighted by Crippen LogP contribution is 2.40. The Balaban J connectivity index is 1.98. The summed E-state index contributed by atoms with van der Waals surface area (Å²) in [4.78, 5) is 4.26. The van der Waals surface area contributed by atoms with Crippen LogP contribution in [0.1, 0.15) is 30.5 Å². The summed E-state index contributed by atoms with van der Waals surface area (Å²) in [6.07, 6.45) is 2.75. The van der Waals surface area contributed by atoms with Crippen LogP contribution in [0.2, 0.25) is 0 Å². The molecule has 0 aromatic carbocycles. The fourth-order valence-corrected chi connectivity index (χ4v) is 2.47. The van der Waals surface area contributed by atoms with Crippen molar-refractivity contribution in [3.05, 3.63) is 29.6 Å². The second-order valence-electron chi connectivity index (χ2n) is 4.99. The van der Waals surface area contributed by atoms with E-state index in [2.05, 4.69) is 4.98 Å². The third-order valence-corrected chi connectivity index (χ3v) is 3.59. The lowest BCUT2D eigenvalue weighted by Gasteiger charge is -2.19. The molecular weight excluding hydrogens is 222 g/mol. The summed E-state index contributed by atoms with van der Waals surface area (Å²) < 4.78 is 26.2. The summed E-state index contributed by atoms with van der Waals surface area (Å²) >= 11 is 0. The first-order valence-corrected chi connectivity index (χ1v) is 6.02. The molecule has 1 aliphatic carbocycles. The zero-order chi connectivity index (χ0) is 12.5. The van der Waals surface area contributed by atoms with E-state index in [0.717, 1.165) is 11.3 Å². The Morgan fingerprint density at radius 1 is 1.59 bits per heavy atom. The van der Waals surface area contributed by atoms with Crippen LogP contribution >= 0.6 is 0 Å². The van der Waals surface area contributed by atoms with E-state index >= 15 is 0 Å². The van der Waals surface area contributed by atoms with Crippen molar-refractivity contribution in [1.82, 2.24) is 4.98 Å². The van der Waals surface area contributed by atoms with E-state index in [4.69, 9.17) is 5.73 Å². The van der Waals surface area contributed by atoms with Gasteiger partial charge in [0.25, 0.3) is 0 Å². The number of nitrogens with two attached hydrogens (primary N) is 1. The van der Waals surface area contributed by atoms with Gasteiger partial charge in [-0.2, -0.15) is 0 Å². The van der Waals surface area contributed by atoms with Gasteiger partial charge >= 0.3 is 0 Å². The number of pyridine rings is 1. The molecule has 17 heavy (non-hydrogen) atoms. The van der Waals surface area contributed by atoms with Crippen LogP contribution in [-0.2, 0) is 6.42 Å². The fourth-order valence-electron chi connectivity index (χ4n) is 2.47. The van der Waals surface area contributed by atoms with Gasteiger partial charge in [0.2, 0.25) is 5.92 Å². The minimum absolute atomic E-state index is 0.0213. The highest BCUT2D eigenvalue weighted by molar-refractivity contribution is 5.18. The summed E-state index contributed by atoms with van der Waals surface area (Å²) in [6, 6.07) is 3.63. The van der Waals surface area contributed by atoms with Crippen LogP contribution in [0.15, 0.2) is 18.3 Å². The van der Waals surface area contributed by atoms with E-state index in [1.165, 1.54) is 0 Å². The van der Waals surface area contributed by atoms with Gasteiger partial charge in [-0.15, -0.1) is 0 Å². The largest absolute Gasteiger partial charge is 0.327 e. The molecule has 1 saturated carbocycles. The maximum Gasteiger partial charge on any atom is 0.248 e. The molecule has 2 atom stereocenters. The highest BCUT2D eigenvalue weighted by atomic mass is 19.3. The Morgan fingerprint density at radius 3 is 2.94 bits per heavy atom. The van der Waals surface area contributed by atoms with E-state index in [-0.39, 0.29) is 24.8 Å². The topological polar surface area (TPSA) is 38.9 Å². The van der Waals surface area contributed by atoms with Gasteiger partial charge in [0.1, 0.15) is 0 Å². The molecule has 0 saturated heterocycles. The molecule has 0 spiro atoms. The van der Waals surface area contributed by atoms with Crippen molar-refractivity contribution in [3.8, 4) is 0 Å². The SMILES string of the molecule is Cc1cccnc1CC(N)C1CCC(F)(F)C1. The first-order valence-electron chi connectivity index (χ1n) is 6.02. The van der Waals surface area contributed by atoms with Crippen molar-refractivity contribution < 1.29 is 8.78 Å². The van der Waals surface area contributed by atoms with Gasteiger partial charge in [-0.3, -0.25) is 4.98 Å². The van der Waals surface area contributed by atoms with Gasteiger partial charge in [-0.1, -0.05) is 6.07 Å². The first-order chi connectivity index (χ1) is 7.98. The van der Waals surface area contributed by atoms with Crippen molar-refractivity contribution in [2.45, 2.75) is 44.6 Å². The second-order valence-corrected chi connectivity index (χ2v) is 4.99. The molecular formula is C13H18F2N2. The molecule has 1 aromatic rings. The number of halogens is 2. The van der Waals surface area contributed by atoms with E-state index in [0.29, 0.717) is 12.8 Å². The van der Waals surface area contributed by atoms with E-state index in [1.807, 2.05) is 19.1 Å². The molecule has 0 radical (unpaired) electrons. The summed E-state index contributed by atoms with van der Waals surface area (Å²) in [5.41, 5.74) is 8.03. The lowest BCUT2D eigenvalue weighted by molar-refractivity contribution is 0.00392. The number of aromatic nitrogens is 1. The quantitative estimate of drug-likeness (QED) is 0.882. The molecule has 2 N–H and O–H groups in total. The number of alkyl halides is 2. The van der Waals surface area contributed by atoms with Gasteiger partial charge in [0.15, 0.2) is 0 Å². The van der Waals surface area contributed by atoms with Crippen LogP contribution in [0.4, 0.5) is 8.78 Å². The molecule has 1 aliphatic rings. The van der Waals surface area contributed by atoms with Gasteiger partial charge in [-0.05, 0) is 30.9 Å². The number of nitrogens with zero attached hydrogens (tertiary/aromatic N) is 1. The second kappa shape index (κ2) is 4.69. The standard InChI is InChI=1S/C13H18F2N2/c1-9-3-2-6-17-12(9)7-11(16)10-4-5-13(14,15)8-10/h2-3,6,10-11H,4-5,7-8,16H2,1H3. The Morgan fingerprint density at radius 2 is 2.35 bits per heavy atom. The molecule has 1 fully saturated rings.